The van der Waals surface area contributed by atoms with Crippen molar-refractivity contribution in [3.8, 4) is 11.5 Å². The van der Waals surface area contributed by atoms with Gasteiger partial charge in [0.1, 0.15) is 17.3 Å². The first-order valence-corrected chi connectivity index (χ1v) is 7.25. The summed E-state index contributed by atoms with van der Waals surface area (Å²) in [5.41, 5.74) is 0.509. The van der Waals surface area contributed by atoms with Crippen LogP contribution in [0.15, 0.2) is 47.4 Å². The van der Waals surface area contributed by atoms with Gasteiger partial charge in [0.15, 0.2) is 5.78 Å². The van der Waals surface area contributed by atoms with E-state index in [0.29, 0.717) is 17.1 Å². The van der Waals surface area contributed by atoms with Crippen LogP contribution in [0.2, 0.25) is 0 Å². The highest BCUT2D eigenvalue weighted by Gasteiger charge is 2.10. The lowest BCUT2D eigenvalue weighted by molar-refractivity contribution is 0.102. The van der Waals surface area contributed by atoms with Crippen LogP contribution in [-0.2, 0) is 0 Å². The number of hydrogen-bond donors (Lipinski definition) is 0. The summed E-state index contributed by atoms with van der Waals surface area (Å²) in [5, 5.41) is 0. The van der Waals surface area contributed by atoms with Crippen LogP contribution in [0.3, 0.4) is 0 Å². The molecular formula is C16H15FO3S. The number of Topliss-reactive ketones (excluding diaryl/α,β-unsaturated/α-hetero) is 1. The van der Waals surface area contributed by atoms with Crippen molar-refractivity contribution in [3.05, 3.63) is 53.8 Å². The highest BCUT2D eigenvalue weighted by molar-refractivity contribution is 8.00. The number of carbonyl (C=O) groups excluding carboxylic acids is 1. The zero-order valence-corrected chi connectivity index (χ0v) is 12.6. The second kappa shape index (κ2) is 7.13. The van der Waals surface area contributed by atoms with Crippen molar-refractivity contribution in [2.24, 2.45) is 0 Å². The topological polar surface area (TPSA) is 35.5 Å². The zero-order valence-electron chi connectivity index (χ0n) is 11.8. The number of hydrogen-bond acceptors (Lipinski definition) is 4. The molecule has 0 atom stereocenters. The lowest BCUT2D eigenvalue weighted by atomic mass is 10.1. The summed E-state index contributed by atoms with van der Waals surface area (Å²) in [6, 6.07) is 11.2. The van der Waals surface area contributed by atoms with Crippen molar-refractivity contribution in [1.82, 2.24) is 0 Å². The van der Waals surface area contributed by atoms with Crippen LogP contribution in [0.4, 0.5) is 4.39 Å². The molecule has 2 aromatic carbocycles. The summed E-state index contributed by atoms with van der Waals surface area (Å²) in [7, 11) is 3.06. The Balaban J connectivity index is 2.09. The maximum Gasteiger partial charge on any atom is 0.173 e. The molecular weight excluding hydrogens is 291 g/mol. The van der Waals surface area contributed by atoms with E-state index in [1.165, 1.54) is 38.1 Å². The molecule has 0 spiro atoms. The van der Waals surface area contributed by atoms with E-state index in [0.717, 1.165) is 4.90 Å². The van der Waals surface area contributed by atoms with Gasteiger partial charge in [0.05, 0.1) is 20.0 Å². The van der Waals surface area contributed by atoms with Gasteiger partial charge in [0, 0.05) is 16.5 Å². The molecule has 0 unspecified atom stereocenters. The second-order valence-electron chi connectivity index (χ2n) is 4.27. The average molecular weight is 306 g/mol. The summed E-state index contributed by atoms with van der Waals surface area (Å²) < 4.78 is 23.4. The van der Waals surface area contributed by atoms with Crippen molar-refractivity contribution in [2.45, 2.75) is 4.90 Å². The fourth-order valence-electron chi connectivity index (χ4n) is 1.76. The Bertz CT molecular complexity index is 621. The minimum absolute atomic E-state index is 0.0681. The lowest BCUT2D eigenvalue weighted by Gasteiger charge is -2.08. The van der Waals surface area contributed by atoms with Gasteiger partial charge >= 0.3 is 0 Å². The molecule has 5 heteroatoms. The molecule has 0 amide bonds. The molecule has 2 rings (SSSR count). The van der Waals surface area contributed by atoms with Gasteiger partial charge in [-0.05, 0) is 30.3 Å². The molecule has 0 aliphatic heterocycles. The lowest BCUT2D eigenvalue weighted by Crippen LogP contribution is -2.03. The van der Waals surface area contributed by atoms with Gasteiger partial charge < -0.3 is 9.47 Å². The van der Waals surface area contributed by atoms with Gasteiger partial charge in [0.25, 0.3) is 0 Å². The summed E-state index contributed by atoms with van der Waals surface area (Å²) in [5.74, 6) is 0.971. The molecule has 0 aliphatic rings. The second-order valence-corrected chi connectivity index (χ2v) is 5.32. The summed E-state index contributed by atoms with van der Waals surface area (Å²) in [6.07, 6.45) is 0. The number of benzene rings is 2. The van der Waals surface area contributed by atoms with Gasteiger partial charge in [-0.3, -0.25) is 4.79 Å². The van der Waals surface area contributed by atoms with Gasteiger partial charge in [-0.1, -0.05) is 6.07 Å². The quantitative estimate of drug-likeness (QED) is 0.600. The van der Waals surface area contributed by atoms with Gasteiger partial charge in [-0.25, -0.2) is 4.39 Å². The van der Waals surface area contributed by atoms with Crippen molar-refractivity contribution in [2.75, 3.05) is 20.0 Å². The third-order valence-electron chi connectivity index (χ3n) is 2.84. The standard InChI is InChI=1S/C16H15FO3S/c1-19-13-6-11(7-14(9-13)20-2)16(18)10-21-15-5-3-4-12(17)8-15/h3-9H,10H2,1-2H3. The molecule has 110 valence electrons. The number of thioether (sulfide) groups is 1. The van der Waals surface area contributed by atoms with Crippen molar-refractivity contribution < 1.29 is 18.7 Å². The van der Waals surface area contributed by atoms with Crippen LogP contribution in [0.5, 0.6) is 11.5 Å². The smallest absolute Gasteiger partial charge is 0.173 e. The minimum Gasteiger partial charge on any atom is -0.497 e. The molecule has 0 saturated heterocycles. The number of ether oxygens (including phenoxy) is 2. The normalized spacial score (nSPS) is 10.2. The monoisotopic (exact) mass is 306 g/mol. The Kier molecular flexibility index (Phi) is 5.22. The number of halogens is 1. The molecule has 0 fully saturated rings. The fraction of sp³-hybridized carbons (Fsp3) is 0.188. The van der Waals surface area contributed by atoms with Crippen LogP contribution in [0, 0.1) is 5.82 Å². The molecule has 0 bridgehead atoms. The van der Waals surface area contributed by atoms with E-state index in [-0.39, 0.29) is 17.4 Å². The molecule has 2 aromatic rings. The van der Waals surface area contributed by atoms with E-state index in [1.807, 2.05) is 0 Å². The molecule has 3 nitrogen and oxygen atoms in total. The predicted octanol–water partition coefficient (Wildman–Crippen LogP) is 3.82. The van der Waals surface area contributed by atoms with E-state index in [4.69, 9.17) is 9.47 Å². The highest BCUT2D eigenvalue weighted by atomic mass is 32.2. The van der Waals surface area contributed by atoms with Crippen molar-refractivity contribution in [3.63, 3.8) is 0 Å². The predicted molar refractivity (Wildman–Crippen MR) is 81.0 cm³/mol. The minimum atomic E-state index is -0.310. The summed E-state index contributed by atoms with van der Waals surface area (Å²) in [4.78, 5) is 12.9. The third-order valence-corrected chi connectivity index (χ3v) is 3.83. The maximum absolute atomic E-state index is 13.1. The highest BCUT2D eigenvalue weighted by Crippen LogP contribution is 2.25. The number of rotatable bonds is 6. The Labute approximate surface area is 127 Å². The largest absolute Gasteiger partial charge is 0.497 e. The molecule has 0 N–H and O–H groups in total. The summed E-state index contributed by atoms with van der Waals surface area (Å²) >= 11 is 1.29. The van der Waals surface area contributed by atoms with Crippen LogP contribution in [-0.4, -0.2) is 25.8 Å². The number of ketones is 1. The Morgan fingerprint density at radius 2 is 1.76 bits per heavy atom. The van der Waals surface area contributed by atoms with Crippen LogP contribution >= 0.6 is 11.8 Å². The Morgan fingerprint density at radius 3 is 2.33 bits per heavy atom. The third kappa shape index (κ3) is 4.23. The van der Waals surface area contributed by atoms with Crippen LogP contribution < -0.4 is 9.47 Å². The molecule has 21 heavy (non-hydrogen) atoms. The fourth-order valence-corrected chi connectivity index (χ4v) is 2.59. The van der Waals surface area contributed by atoms with E-state index in [9.17, 15) is 9.18 Å². The average Bonchev–Trinajstić information content (AvgIpc) is 2.52. The maximum atomic E-state index is 13.1. The Hall–Kier alpha value is -2.01. The molecule has 0 heterocycles. The van der Waals surface area contributed by atoms with Crippen molar-refractivity contribution >= 4 is 17.5 Å². The molecule has 0 aromatic heterocycles. The first-order chi connectivity index (χ1) is 10.1. The Morgan fingerprint density at radius 1 is 1.10 bits per heavy atom. The van der Waals surface area contributed by atoms with Gasteiger partial charge in [-0.2, -0.15) is 0 Å². The van der Waals surface area contributed by atoms with E-state index >= 15 is 0 Å². The first-order valence-electron chi connectivity index (χ1n) is 6.27. The number of carbonyl (C=O) groups is 1. The van der Waals surface area contributed by atoms with Gasteiger partial charge in [0.2, 0.25) is 0 Å². The zero-order chi connectivity index (χ0) is 15.2. The van der Waals surface area contributed by atoms with Gasteiger partial charge in [-0.15, -0.1) is 11.8 Å². The molecule has 0 saturated carbocycles. The van der Waals surface area contributed by atoms with E-state index < -0.39 is 0 Å². The van der Waals surface area contributed by atoms with Crippen LogP contribution in [0.1, 0.15) is 10.4 Å². The number of methoxy groups -OCH3 is 2. The molecule has 0 radical (unpaired) electrons. The first kappa shape index (κ1) is 15.4. The molecule has 0 aliphatic carbocycles. The van der Waals surface area contributed by atoms with E-state index in [2.05, 4.69) is 0 Å². The van der Waals surface area contributed by atoms with Crippen LogP contribution in [0.25, 0.3) is 0 Å². The SMILES string of the molecule is COc1cc(OC)cc(C(=O)CSc2cccc(F)c2)c1. The van der Waals surface area contributed by atoms with E-state index in [1.54, 1.807) is 30.3 Å². The van der Waals surface area contributed by atoms with Crippen molar-refractivity contribution in [1.29, 1.82) is 0 Å². The summed E-state index contributed by atoms with van der Waals surface area (Å²) in [6.45, 7) is 0.